The number of aryl methyl sites for hydroxylation is 3. The fraction of sp³-hybridized carbons (Fsp3) is 0.333. The van der Waals surface area contributed by atoms with E-state index in [1.54, 1.807) is 6.20 Å². The second-order valence-corrected chi connectivity index (χ2v) is 4.47. The fourth-order valence-electron chi connectivity index (χ4n) is 2.03. The van der Waals surface area contributed by atoms with Crippen molar-refractivity contribution in [2.75, 3.05) is 0 Å². The van der Waals surface area contributed by atoms with Gasteiger partial charge in [-0.1, -0.05) is 5.16 Å². The van der Waals surface area contributed by atoms with Gasteiger partial charge in [-0.15, -0.1) is 11.6 Å². The molecule has 0 aliphatic heterocycles. The van der Waals surface area contributed by atoms with Gasteiger partial charge in [-0.2, -0.15) is 4.98 Å². The van der Waals surface area contributed by atoms with Gasteiger partial charge < -0.3 is 9.09 Å². The lowest BCUT2D eigenvalue weighted by molar-refractivity contribution is 0.371. The van der Waals surface area contributed by atoms with E-state index in [1.807, 2.05) is 17.6 Å². The Morgan fingerprint density at radius 1 is 1.37 bits per heavy atom. The largest absolute Gasteiger partial charge is 0.340 e. The van der Waals surface area contributed by atoms with Crippen LogP contribution in [0.4, 0.5) is 0 Å². The van der Waals surface area contributed by atoms with E-state index in [4.69, 9.17) is 16.1 Å². The number of imidazole rings is 1. The third-order valence-corrected chi connectivity index (χ3v) is 3.23. The van der Waals surface area contributed by atoms with Crippen molar-refractivity contribution in [3.8, 4) is 0 Å². The molecule has 0 aliphatic carbocycles. The molecule has 6 nitrogen and oxygen atoms in total. The van der Waals surface area contributed by atoms with Crippen LogP contribution in [0.3, 0.4) is 0 Å². The number of aromatic nitrogens is 5. The van der Waals surface area contributed by atoms with E-state index in [9.17, 15) is 0 Å². The maximum Gasteiger partial charge on any atom is 0.228 e. The Labute approximate surface area is 114 Å². The van der Waals surface area contributed by atoms with E-state index in [0.29, 0.717) is 24.7 Å². The van der Waals surface area contributed by atoms with Crippen LogP contribution in [0, 0.1) is 6.92 Å². The lowest BCUT2D eigenvalue weighted by Gasteiger charge is -2.04. The molecule has 3 aromatic heterocycles. The minimum Gasteiger partial charge on any atom is -0.340 e. The summed E-state index contributed by atoms with van der Waals surface area (Å²) in [5, 5.41) is 3.59. The zero-order chi connectivity index (χ0) is 13.2. The molecular formula is C12H12ClN5O. The zero-order valence-corrected chi connectivity index (χ0v) is 11.1. The molecule has 0 unspecified atom stereocenters. The topological polar surface area (TPSA) is 69.6 Å². The Morgan fingerprint density at radius 2 is 2.26 bits per heavy atom. The van der Waals surface area contributed by atoms with Crippen molar-refractivity contribution in [3.63, 3.8) is 0 Å². The van der Waals surface area contributed by atoms with Gasteiger partial charge in [0.25, 0.3) is 0 Å². The average molecular weight is 278 g/mol. The molecule has 98 valence electrons. The van der Waals surface area contributed by atoms with E-state index in [-0.39, 0.29) is 0 Å². The van der Waals surface area contributed by atoms with Crippen molar-refractivity contribution in [2.24, 2.45) is 0 Å². The summed E-state index contributed by atoms with van der Waals surface area (Å²) in [4.78, 5) is 12.9. The van der Waals surface area contributed by atoms with Crippen LogP contribution in [0.2, 0.25) is 0 Å². The summed E-state index contributed by atoms with van der Waals surface area (Å²) in [7, 11) is 0. The van der Waals surface area contributed by atoms with Crippen molar-refractivity contribution in [1.29, 1.82) is 0 Å². The van der Waals surface area contributed by atoms with Gasteiger partial charge in [0.15, 0.2) is 12.0 Å². The number of nitrogens with zero attached hydrogens (tertiary/aromatic N) is 5. The molecule has 3 heterocycles. The Balaban J connectivity index is 1.99. The molecule has 0 fully saturated rings. The highest BCUT2D eigenvalue weighted by Gasteiger charge is 2.13. The predicted octanol–water partition coefficient (Wildman–Crippen LogP) is 2.10. The van der Waals surface area contributed by atoms with Crippen LogP contribution in [-0.2, 0) is 18.8 Å². The van der Waals surface area contributed by atoms with Gasteiger partial charge in [0.1, 0.15) is 11.3 Å². The Hall–Kier alpha value is -1.95. The molecule has 0 aliphatic rings. The van der Waals surface area contributed by atoms with Crippen molar-refractivity contribution in [3.05, 3.63) is 35.9 Å². The number of rotatable bonds is 4. The van der Waals surface area contributed by atoms with Gasteiger partial charge in [0.2, 0.25) is 5.89 Å². The smallest absolute Gasteiger partial charge is 0.228 e. The highest BCUT2D eigenvalue weighted by atomic mass is 35.5. The SMILES string of the molecule is Cc1ccnc2c1nc(CCl)n2CCc1ncno1. The molecule has 0 amide bonds. The number of halogens is 1. The van der Waals surface area contributed by atoms with Crippen molar-refractivity contribution < 1.29 is 4.52 Å². The average Bonchev–Trinajstić information content (AvgIpc) is 3.03. The Bertz CT molecular complexity index is 692. The zero-order valence-electron chi connectivity index (χ0n) is 10.4. The normalized spacial score (nSPS) is 11.3. The van der Waals surface area contributed by atoms with Crippen LogP contribution in [0.25, 0.3) is 11.2 Å². The molecule has 3 aromatic rings. The van der Waals surface area contributed by atoms with Crippen molar-refractivity contribution in [2.45, 2.75) is 25.8 Å². The first-order valence-corrected chi connectivity index (χ1v) is 6.45. The van der Waals surface area contributed by atoms with Gasteiger partial charge >= 0.3 is 0 Å². The highest BCUT2D eigenvalue weighted by Crippen LogP contribution is 2.19. The van der Waals surface area contributed by atoms with E-state index >= 15 is 0 Å². The summed E-state index contributed by atoms with van der Waals surface area (Å²) in [6.07, 6.45) is 3.80. The van der Waals surface area contributed by atoms with Crippen LogP contribution in [0.5, 0.6) is 0 Å². The molecule has 0 saturated heterocycles. The van der Waals surface area contributed by atoms with Crippen molar-refractivity contribution in [1.82, 2.24) is 24.7 Å². The van der Waals surface area contributed by atoms with Crippen LogP contribution in [0.15, 0.2) is 23.1 Å². The van der Waals surface area contributed by atoms with E-state index < -0.39 is 0 Å². The summed E-state index contributed by atoms with van der Waals surface area (Å²) >= 11 is 5.95. The third kappa shape index (κ3) is 2.19. The van der Waals surface area contributed by atoms with Gasteiger partial charge in [-0.3, -0.25) is 0 Å². The van der Waals surface area contributed by atoms with Crippen molar-refractivity contribution >= 4 is 22.8 Å². The molecule has 0 saturated carbocycles. The second-order valence-electron chi connectivity index (χ2n) is 4.20. The first kappa shape index (κ1) is 12.1. The van der Waals surface area contributed by atoms with Crippen LogP contribution < -0.4 is 0 Å². The summed E-state index contributed by atoms with van der Waals surface area (Å²) in [6, 6.07) is 1.94. The molecular weight excluding hydrogens is 266 g/mol. The number of hydrogen-bond donors (Lipinski definition) is 0. The number of hydrogen-bond acceptors (Lipinski definition) is 5. The summed E-state index contributed by atoms with van der Waals surface area (Å²) < 4.78 is 6.99. The number of pyridine rings is 1. The van der Waals surface area contributed by atoms with E-state index in [0.717, 1.165) is 22.6 Å². The van der Waals surface area contributed by atoms with Gasteiger partial charge in [0.05, 0.1) is 5.88 Å². The van der Waals surface area contributed by atoms with Crippen LogP contribution in [0.1, 0.15) is 17.3 Å². The minimum atomic E-state index is 0.347. The van der Waals surface area contributed by atoms with Gasteiger partial charge in [-0.25, -0.2) is 9.97 Å². The maximum absolute atomic E-state index is 5.95. The Morgan fingerprint density at radius 3 is 3.00 bits per heavy atom. The lowest BCUT2D eigenvalue weighted by Crippen LogP contribution is -2.06. The third-order valence-electron chi connectivity index (χ3n) is 2.99. The van der Waals surface area contributed by atoms with E-state index in [2.05, 4.69) is 20.1 Å². The van der Waals surface area contributed by atoms with Gasteiger partial charge in [-0.05, 0) is 18.6 Å². The predicted molar refractivity (Wildman–Crippen MR) is 69.8 cm³/mol. The quantitative estimate of drug-likeness (QED) is 0.683. The minimum absolute atomic E-state index is 0.347. The fourth-order valence-corrected chi connectivity index (χ4v) is 2.24. The first-order chi connectivity index (χ1) is 9.29. The molecule has 0 spiro atoms. The molecule has 3 rings (SSSR count). The highest BCUT2D eigenvalue weighted by molar-refractivity contribution is 6.16. The summed E-state index contributed by atoms with van der Waals surface area (Å²) in [6.45, 7) is 2.68. The standard InChI is InChI=1S/C12H12ClN5O/c1-8-2-4-14-12-11(8)17-9(6-13)18(12)5-3-10-15-7-16-19-10/h2,4,7H,3,5-6H2,1H3. The Kier molecular flexibility index (Phi) is 3.16. The molecule has 0 radical (unpaired) electrons. The second kappa shape index (κ2) is 4.97. The van der Waals surface area contributed by atoms with E-state index in [1.165, 1.54) is 6.33 Å². The van der Waals surface area contributed by atoms with Crippen LogP contribution in [-0.4, -0.2) is 24.7 Å². The molecule has 0 bridgehead atoms. The lowest BCUT2D eigenvalue weighted by atomic mass is 10.3. The molecule has 7 heteroatoms. The first-order valence-electron chi connectivity index (χ1n) is 5.92. The molecule has 0 N–H and O–H groups in total. The summed E-state index contributed by atoms with van der Waals surface area (Å²) in [5.41, 5.74) is 2.83. The number of alkyl halides is 1. The van der Waals surface area contributed by atoms with Gasteiger partial charge in [0, 0.05) is 19.2 Å². The number of fused-ring (bicyclic) bond motifs is 1. The molecule has 0 atom stereocenters. The summed E-state index contributed by atoms with van der Waals surface area (Å²) in [5.74, 6) is 1.74. The molecule has 19 heavy (non-hydrogen) atoms. The maximum atomic E-state index is 5.95. The molecule has 0 aromatic carbocycles. The van der Waals surface area contributed by atoms with Crippen LogP contribution >= 0.6 is 11.6 Å². The monoisotopic (exact) mass is 277 g/mol.